The normalized spacial score (nSPS) is 14.5. The van der Waals surface area contributed by atoms with Gasteiger partial charge in [-0.05, 0) is 61.2 Å². The van der Waals surface area contributed by atoms with Crippen molar-refractivity contribution in [1.29, 1.82) is 0 Å². The molecule has 2 heterocycles. The van der Waals surface area contributed by atoms with Gasteiger partial charge in [0.1, 0.15) is 16.3 Å². The van der Waals surface area contributed by atoms with Crippen molar-refractivity contribution in [3.05, 3.63) is 71.7 Å². The zero-order valence-corrected chi connectivity index (χ0v) is 20.8. The quantitative estimate of drug-likeness (QED) is 0.389. The fourth-order valence-corrected chi connectivity index (χ4v) is 5.41. The van der Waals surface area contributed by atoms with E-state index < -0.39 is 21.5 Å². The van der Waals surface area contributed by atoms with E-state index >= 15 is 0 Å². The molecule has 0 bridgehead atoms. The molecule has 11 heteroatoms. The third kappa shape index (κ3) is 4.06. The predicted molar refractivity (Wildman–Crippen MR) is 134 cm³/mol. The van der Waals surface area contributed by atoms with E-state index in [-0.39, 0.29) is 16.3 Å². The monoisotopic (exact) mass is 507 g/mol. The molecule has 0 unspecified atom stereocenters. The van der Waals surface area contributed by atoms with Crippen LogP contribution in [0, 0.1) is 6.92 Å². The Morgan fingerprint density at radius 1 is 1.14 bits per heavy atom. The van der Waals surface area contributed by atoms with Crippen LogP contribution in [-0.4, -0.2) is 43.3 Å². The molecule has 0 saturated heterocycles. The Bertz CT molecular complexity index is 1610. The SMILES string of the molecule is COc1ccc(C2(OC)CC2)cc1S(=O)(=O)NC(=O)c1ccc2c(-n3cc(N)cn3)ccc(C)c2n1. The maximum absolute atomic E-state index is 13.3. The maximum Gasteiger partial charge on any atom is 0.283 e. The summed E-state index contributed by atoms with van der Waals surface area (Å²) in [6.07, 6.45) is 4.78. The number of aryl methyl sites for hydroxylation is 1. The molecule has 1 amide bonds. The topological polar surface area (TPSA) is 138 Å². The van der Waals surface area contributed by atoms with Crippen LogP contribution in [0.4, 0.5) is 5.69 Å². The average molecular weight is 508 g/mol. The first-order valence-corrected chi connectivity index (χ1v) is 12.7. The summed E-state index contributed by atoms with van der Waals surface area (Å²) in [5.41, 5.74) is 8.56. The van der Waals surface area contributed by atoms with Crippen LogP contribution in [-0.2, 0) is 20.4 Å². The van der Waals surface area contributed by atoms with Gasteiger partial charge in [0.2, 0.25) is 0 Å². The molecule has 5 rings (SSSR count). The molecule has 0 aliphatic heterocycles. The molecule has 1 aliphatic carbocycles. The van der Waals surface area contributed by atoms with Gasteiger partial charge < -0.3 is 15.2 Å². The molecule has 36 heavy (non-hydrogen) atoms. The third-order valence-electron chi connectivity index (χ3n) is 6.42. The number of sulfonamides is 1. The van der Waals surface area contributed by atoms with Crippen LogP contribution in [0.2, 0.25) is 0 Å². The number of aromatic nitrogens is 3. The predicted octanol–water partition coefficient (Wildman–Crippen LogP) is 3.07. The third-order valence-corrected chi connectivity index (χ3v) is 7.77. The van der Waals surface area contributed by atoms with Gasteiger partial charge in [0.15, 0.2) is 0 Å². The van der Waals surface area contributed by atoms with Crippen LogP contribution in [0.3, 0.4) is 0 Å². The van der Waals surface area contributed by atoms with Crippen molar-refractivity contribution in [3.63, 3.8) is 0 Å². The summed E-state index contributed by atoms with van der Waals surface area (Å²) in [6, 6.07) is 11.7. The number of hydrogen-bond donors (Lipinski definition) is 2. The van der Waals surface area contributed by atoms with Crippen LogP contribution < -0.4 is 15.2 Å². The molecule has 2 aromatic carbocycles. The number of fused-ring (bicyclic) bond motifs is 1. The number of anilines is 1. The van der Waals surface area contributed by atoms with Gasteiger partial charge in [-0.15, -0.1) is 0 Å². The largest absolute Gasteiger partial charge is 0.495 e. The molecular formula is C25H25N5O5S. The van der Waals surface area contributed by atoms with Gasteiger partial charge in [0, 0.05) is 12.5 Å². The Morgan fingerprint density at radius 2 is 1.92 bits per heavy atom. The van der Waals surface area contributed by atoms with Crippen LogP contribution in [0.5, 0.6) is 5.75 Å². The van der Waals surface area contributed by atoms with Crippen molar-refractivity contribution in [2.24, 2.45) is 0 Å². The minimum Gasteiger partial charge on any atom is -0.495 e. The van der Waals surface area contributed by atoms with Gasteiger partial charge in [-0.3, -0.25) is 4.79 Å². The van der Waals surface area contributed by atoms with Crippen molar-refractivity contribution in [3.8, 4) is 11.4 Å². The number of ether oxygens (including phenoxy) is 2. The number of nitrogens with one attached hydrogen (secondary N) is 1. The summed E-state index contributed by atoms with van der Waals surface area (Å²) in [6.45, 7) is 1.86. The summed E-state index contributed by atoms with van der Waals surface area (Å²) in [5, 5.41) is 4.98. The molecule has 0 radical (unpaired) electrons. The highest BCUT2D eigenvalue weighted by Gasteiger charge is 2.45. The number of nitrogen functional groups attached to an aromatic ring is 1. The number of hydrogen-bond acceptors (Lipinski definition) is 8. The summed E-state index contributed by atoms with van der Waals surface area (Å²) in [5.74, 6) is -0.734. The molecule has 3 N–H and O–H groups in total. The maximum atomic E-state index is 13.3. The minimum atomic E-state index is -4.27. The Balaban J connectivity index is 1.49. The first-order chi connectivity index (χ1) is 17.2. The van der Waals surface area contributed by atoms with Crippen molar-refractivity contribution < 1.29 is 22.7 Å². The summed E-state index contributed by atoms with van der Waals surface area (Å²) >= 11 is 0. The van der Waals surface area contributed by atoms with E-state index in [0.29, 0.717) is 16.8 Å². The lowest BCUT2D eigenvalue weighted by molar-refractivity contribution is 0.0786. The molecule has 10 nitrogen and oxygen atoms in total. The lowest BCUT2D eigenvalue weighted by Crippen LogP contribution is -2.31. The van der Waals surface area contributed by atoms with Crippen molar-refractivity contribution in [2.75, 3.05) is 20.0 Å². The Morgan fingerprint density at radius 3 is 2.56 bits per heavy atom. The van der Waals surface area contributed by atoms with Gasteiger partial charge >= 0.3 is 0 Å². The summed E-state index contributed by atoms with van der Waals surface area (Å²) in [4.78, 5) is 17.4. The van der Waals surface area contributed by atoms with Gasteiger partial charge in [-0.1, -0.05) is 12.1 Å². The number of methoxy groups -OCH3 is 2. The molecular weight excluding hydrogens is 482 g/mol. The number of carbonyl (C=O) groups is 1. The number of nitrogens with two attached hydrogens (primary N) is 1. The molecule has 1 fully saturated rings. The van der Waals surface area contributed by atoms with E-state index in [1.807, 2.05) is 19.1 Å². The van der Waals surface area contributed by atoms with Gasteiger partial charge in [0.05, 0.1) is 42.0 Å². The van der Waals surface area contributed by atoms with E-state index in [2.05, 4.69) is 14.8 Å². The van der Waals surface area contributed by atoms with E-state index in [1.165, 1.54) is 25.4 Å². The number of carbonyl (C=O) groups excluding carboxylic acids is 1. The number of benzene rings is 2. The lowest BCUT2D eigenvalue weighted by Gasteiger charge is -2.17. The summed E-state index contributed by atoms with van der Waals surface area (Å²) < 4.78 is 41.1. The molecule has 1 aliphatic rings. The van der Waals surface area contributed by atoms with Crippen LogP contribution in [0.25, 0.3) is 16.6 Å². The van der Waals surface area contributed by atoms with Crippen molar-refractivity contribution >= 4 is 32.5 Å². The number of rotatable bonds is 7. The highest BCUT2D eigenvalue weighted by molar-refractivity contribution is 7.90. The van der Waals surface area contributed by atoms with Gasteiger partial charge in [0.25, 0.3) is 15.9 Å². The fourth-order valence-electron chi connectivity index (χ4n) is 4.26. The minimum absolute atomic E-state index is 0.0445. The first-order valence-electron chi connectivity index (χ1n) is 11.2. The van der Waals surface area contributed by atoms with Crippen LogP contribution in [0.1, 0.15) is 34.5 Å². The zero-order valence-electron chi connectivity index (χ0n) is 20.0. The molecule has 1 saturated carbocycles. The van der Waals surface area contributed by atoms with Gasteiger partial charge in [-0.2, -0.15) is 5.10 Å². The van der Waals surface area contributed by atoms with Crippen LogP contribution in [0.15, 0.2) is 59.8 Å². The first kappa shape index (κ1) is 23.8. The fraction of sp³-hybridized carbons (Fsp3) is 0.240. The standard InChI is InChI=1S/C25H25N5O5S/c1-15-4-8-20(30-14-17(26)13-27-30)18-6-7-19(28-23(15)18)24(31)29-36(32,33)22-12-16(5-9-21(22)34-2)25(35-3)10-11-25/h4-9,12-14H,10-11,26H2,1-3H3,(H,29,31). The second kappa shape index (κ2) is 8.61. The van der Waals surface area contributed by atoms with Crippen molar-refractivity contribution in [1.82, 2.24) is 19.5 Å². The second-order valence-corrected chi connectivity index (χ2v) is 10.4. The van der Waals surface area contributed by atoms with E-state index in [1.54, 1.807) is 36.2 Å². The molecule has 2 aromatic heterocycles. The smallest absolute Gasteiger partial charge is 0.283 e. The van der Waals surface area contributed by atoms with Crippen molar-refractivity contribution in [2.45, 2.75) is 30.3 Å². The van der Waals surface area contributed by atoms with Crippen LogP contribution >= 0.6 is 0 Å². The molecule has 0 atom stereocenters. The number of amides is 1. The molecule has 186 valence electrons. The lowest BCUT2D eigenvalue weighted by atomic mass is 10.1. The second-order valence-electron chi connectivity index (χ2n) is 8.71. The number of nitrogens with zero attached hydrogens (tertiary/aromatic N) is 3. The molecule has 0 spiro atoms. The van der Waals surface area contributed by atoms with Gasteiger partial charge in [-0.25, -0.2) is 22.8 Å². The number of pyridine rings is 1. The molecule has 4 aromatic rings. The van der Waals surface area contributed by atoms with E-state index in [0.717, 1.165) is 29.5 Å². The highest BCUT2D eigenvalue weighted by atomic mass is 32.2. The van der Waals surface area contributed by atoms with E-state index in [4.69, 9.17) is 15.2 Å². The van der Waals surface area contributed by atoms with E-state index in [9.17, 15) is 13.2 Å². The highest BCUT2D eigenvalue weighted by Crippen LogP contribution is 2.49. The zero-order chi connectivity index (χ0) is 25.7. The average Bonchev–Trinajstić information content (AvgIpc) is 3.56. The Kier molecular flexibility index (Phi) is 5.68. The Labute approximate surface area is 208 Å². The summed E-state index contributed by atoms with van der Waals surface area (Å²) in [7, 11) is -1.31. The Hall–Kier alpha value is -3.96.